The molecule has 0 aliphatic heterocycles. The normalized spacial score (nSPS) is 12.2. The Labute approximate surface area is 104 Å². The van der Waals surface area contributed by atoms with Gasteiger partial charge in [0.2, 0.25) is 11.8 Å². The maximum Gasteiger partial charge on any atom is 0.240 e. The summed E-state index contributed by atoms with van der Waals surface area (Å²) in [7, 11) is 0. The molecule has 0 fully saturated rings. The van der Waals surface area contributed by atoms with Crippen LogP contribution in [0.25, 0.3) is 0 Å². The Morgan fingerprint density at radius 2 is 2.38 bits per heavy atom. The van der Waals surface area contributed by atoms with E-state index in [0.29, 0.717) is 24.4 Å². The van der Waals surface area contributed by atoms with Gasteiger partial charge in [0.25, 0.3) is 0 Å². The number of nitrogen functional groups attached to an aromatic ring is 1. The second kappa shape index (κ2) is 6.65. The second-order valence-corrected chi connectivity index (χ2v) is 4.55. The Bertz CT molecular complexity index is 335. The van der Waals surface area contributed by atoms with Crippen LogP contribution in [0.3, 0.4) is 0 Å². The van der Waals surface area contributed by atoms with Crippen LogP contribution in [0.1, 0.15) is 26.7 Å². The molecule has 90 valence electrons. The first-order chi connectivity index (χ1) is 7.67. The van der Waals surface area contributed by atoms with Crippen molar-refractivity contribution in [1.29, 1.82) is 0 Å². The largest absolute Gasteiger partial charge is 0.476 e. The lowest BCUT2D eigenvalue weighted by molar-refractivity contribution is 0.241. The minimum Gasteiger partial charge on any atom is -0.476 e. The summed E-state index contributed by atoms with van der Waals surface area (Å²) in [4.78, 5) is 8.05. The molecule has 0 bridgehead atoms. The van der Waals surface area contributed by atoms with Crippen LogP contribution in [0.2, 0.25) is 0 Å². The first kappa shape index (κ1) is 13.2. The Balaban J connectivity index is 2.58. The van der Waals surface area contributed by atoms with Crippen molar-refractivity contribution in [1.82, 2.24) is 9.97 Å². The van der Waals surface area contributed by atoms with Crippen molar-refractivity contribution >= 4 is 21.9 Å². The molecule has 3 N–H and O–H groups in total. The molecule has 0 aromatic carbocycles. The van der Waals surface area contributed by atoms with E-state index < -0.39 is 0 Å². The van der Waals surface area contributed by atoms with E-state index >= 15 is 0 Å². The van der Waals surface area contributed by atoms with Crippen LogP contribution in [0.4, 0.5) is 5.95 Å². The van der Waals surface area contributed by atoms with Gasteiger partial charge in [0.15, 0.2) is 0 Å². The van der Waals surface area contributed by atoms with Gasteiger partial charge in [-0.05, 0) is 28.3 Å². The quantitative estimate of drug-likeness (QED) is 0.621. The summed E-state index contributed by atoms with van der Waals surface area (Å²) in [6.07, 6.45) is 3.91. The second-order valence-electron chi connectivity index (χ2n) is 3.70. The molecule has 0 amide bonds. The molecular weight excluding hydrogens is 272 g/mol. The van der Waals surface area contributed by atoms with Crippen molar-refractivity contribution in [3.63, 3.8) is 0 Å². The van der Waals surface area contributed by atoms with E-state index in [2.05, 4.69) is 45.2 Å². The third kappa shape index (κ3) is 3.94. The van der Waals surface area contributed by atoms with E-state index in [4.69, 9.17) is 10.6 Å². The lowest BCUT2D eigenvalue weighted by atomic mass is 10.1. The lowest BCUT2D eigenvalue weighted by Crippen LogP contribution is -2.13. The average Bonchev–Trinajstić information content (AvgIpc) is 2.28. The highest BCUT2D eigenvalue weighted by Crippen LogP contribution is 2.23. The zero-order valence-corrected chi connectivity index (χ0v) is 11.1. The van der Waals surface area contributed by atoms with Gasteiger partial charge in [0.05, 0.1) is 17.3 Å². The highest BCUT2D eigenvalue weighted by atomic mass is 79.9. The van der Waals surface area contributed by atoms with Gasteiger partial charge < -0.3 is 4.74 Å². The topological polar surface area (TPSA) is 73.1 Å². The molecule has 1 aromatic rings. The van der Waals surface area contributed by atoms with Crippen LogP contribution in [-0.4, -0.2) is 16.6 Å². The number of halogens is 1. The zero-order chi connectivity index (χ0) is 12.0. The van der Waals surface area contributed by atoms with Gasteiger partial charge in [-0.15, -0.1) is 0 Å². The predicted molar refractivity (Wildman–Crippen MR) is 67.1 cm³/mol. The number of rotatable bonds is 6. The molecule has 6 heteroatoms. The summed E-state index contributed by atoms with van der Waals surface area (Å²) in [5.74, 6) is 6.61. The van der Waals surface area contributed by atoms with E-state index in [1.807, 2.05) is 0 Å². The summed E-state index contributed by atoms with van der Waals surface area (Å²) in [5.41, 5.74) is 2.38. The Hall–Kier alpha value is -0.880. The van der Waals surface area contributed by atoms with Crippen molar-refractivity contribution in [3.8, 4) is 5.88 Å². The monoisotopic (exact) mass is 288 g/mol. The van der Waals surface area contributed by atoms with E-state index in [0.717, 1.165) is 17.3 Å². The minimum atomic E-state index is 0.348. The fourth-order valence-electron chi connectivity index (χ4n) is 1.32. The molecule has 1 unspecified atom stereocenters. The standard InChI is InChI=1S/C10H17BrN4O/c1-3-4-7(2)6-16-9-8(11)5-13-10(14-9)15-12/h5,7H,3-4,6,12H2,1-2H3,(H,13,14,15). The van der Waals surface area contributed by atoms with Crippen molar-refractivity contribution in [2.45, 2.75) is 26.7 Å². The summed E-state index contributed by atoms with van der Waals surface area (Å²) in [5, 5.41) is 0. The SMILES string of the molecule is CCCC(C)COc1nc(NN)ncc1Br. The van der Waals surface area contributed by atoms with E-state index in [1.165, 1.54) is 0 Å². The van der Waals surface area contributed by atoms with Gasteiger partial charge >= 0.3 is 0 Å². The molecule has 16 heavy (non-hydrogen) atoms. The number of hydrazine groups is 1. The summed E-state index contributed by atoms with van der Waals surface area (Å²) >= 11 is 3.33. The molecule has 0 saturated carbocycles. The number of aromatic nitrogens is 2. The van der Waals surface area contributed by atoms with Gasteiger partial charge in [-0.3, -0.25) is 5.43 Å². The van der Waals surface area contributed by atoms with Gasteiger partial charge in [-0.25, -0.2) is 10.8 Å². The van der Waals surface area contributed by atoms with Gasteiger partial charge in [-0.2, -0.15) is 4.98 Å². The number of ether oxygens (including phenoxy) is 1. The zero-order valence-electron chi connectivity index (χ0n) is 9.53. The van der Waals surface area contributed by atoms with Crippen LogP contribution in [0.15, 0.2) is 10.7 Å². The summed E-state index contributed by atoms with van der Waals surface area (Å²) in [6.45, 7) is 4.96. The van der Waals surface area contributed by atoms with Crippen molar-refractivity contribution in [2.75, 3.05) is 12.0 Å². The van der Waals surface area contributed by atoms with Crippen molar-refractivity contribution < 1.29 is 4.74 Å². The van der Waals surface area contributed by atoms with Crippen LogP contribution >= 0.6 is 15.9 Å². The molecule has 0 spiro atoms. The van der Waals surface area contributed by atoms with E-state index in [9.17, 15) is 0 Å². The Morgan fingerprint density at radius 1 is 1.62 bits per heavy atom. The van der Waals surface area contributed by atoms with Crippen LogP contribution in [-0.2, 0) is 0 Å². The lowest BCUT2D eigenvalue weighted by Gasteiger charge is -2.12. The third-order valence-electron chi connectivity index (χ3n) is 2.13. The van der Waals surface area contributed by atoms with Crippen LogP contribution in [0.5, 0.6) is 5.88 Å². The van der Waals surface area contributed by atoms with Gasteiger partial charge in [0, 0.05) is 0 Å². The molecular formula is C10H17BrN4O. The minimum absolute atomic E-state index is 0.348. The molecule has 0 radical (unpaired) electrons. The van der Waals surface area contributed by atoms with Crippen LogP contribution < -0.4 is 16.0 Å². The Morgan fingerprint density at radius 3 is 3.00 bits per heavy atom. The molecule has 0 saturated heterocycles. The fraction of sp³-hybridized carbons (Fsp3) is 0.600. The molecule has 0 aliphatic carbocycles. The smallest absolute Gasteiger partial charge is 0.240 e. The molecule has 1 heterocycles. The number of anilines is 1. The highest BCUT2D eigenvalue weighted by Gasteiger charge is 2.08. The highest BCUT2D eigenvalue weighted by molar-refractivity contribution is 9.10. The molecule has 0 aliphatic rings. The van der Waals surface area contributed by atoms with E-state index in [-0.39, 0.29) is 0 Å². The summed E-state index contributed by atoms with van der Waals surface area (Å²) in [6, 6.07) is 0. The molecule has 5 nitrogen and oxygen atoms in total. The number of nitrogens with two attached hydrogens (primary N) is 1. The maximum atomic E-state index is 5.60. The van der Waals surface area contributed by atoms with E-state index in [1.54, 1.807) is 6.20 Å². The Kier molecular flexibility index (Phi) is 5.48. The average molecular weight is 289 g/mol. The number of nitrogens with one attached hydrogen (secondary N) is 1. The predicted octanol–water partition coefficient (Wildman–Crippen LogP) is 2.34. The fourth-order valence-corrected chi connectivity index (χ4v) is 1.63. The molecule has 1 atom stereocenters. The van der Waals surface area contributed by atoms with Crippen LogP contribution in [0, 0.1) is 5.92 Å². The molecule has 1 rings (SSSR count). The van der Waals surface area contributed by atoms with Crippen molar-refractivity contribution in [2.24, 2.45) is 11.8 Å². The maximum absolute atomic E-state index is 5.60. The van der Waals surface area contributed by atoms with Crippen molar-refractivity contribution in [3.05, 3.63) is 10.7 Å². The number of hydrogen-bond acceptors (Lipinski definition) is 5. The molecule has 1 aromatic heterocycles. The third-order valence-corrected chi connectivity index (χ3v) is 2.67. The first-order valence-electron chi connectivity index (χ1n) is 5.29. The van der Waals surface area contributed by atoms with Gasteiger partial charge in [-0.1, -0.05) is 20.3 Å². The summed E-state index contributed by atoms with van der Waals surface area (Å²) < 4.78 is 6.33. The first-order valence-corrected chi connectivity index (χ1v) is 6.08. The van der Waals surface area contributed by atoms with Gasteiger partial charge in [0.1, 0.15) is 0 Å². The number of hydrogen-bond donors (Lipinski definition) is 2. The number of nitrogens with zero attached hydrogens (tertiary/aromatic N) is 2.